The minimum Gasteiger partial charge on any atom is -0.471 e. The fourth-order valence-corrected chi connectivity index (χ4v) is 5.53. The fraction of sp³-hybridized carbons (Fsp3) is 0.292. The number of furan rings is 1. The van der Waals surface area contributed by atoms with Gasteiger partial charge in [-0.1, -0.05) is 12.1 Å². The highest BCUT2D eigenvalue weighted by molar-refractivity contribution is 7.89. The minimum atomic E-state index is -4.42. The quantitative estimate of drug-likeness (QED) is 0.417. The van der Waals surface area contributed by atoms with Crippen LogP contribution in [0, 0.1) is 0 Å². The summed E-state index contributed by atoms with van der Waals surface area (Å²) >= 11 is 0. The van der Waals surface area contributed by atoms with Gasteiger partial charge in [0.15, 0.2) is 5.78 Å². The molecule has 2 aromatic carbocycles. The Hall–Kier alpha value is -3.11. The van der Waals surface area contributed by atoms with Crippen LogP contribution in [-0.4, -0.2) is 31.1 Å². The molecule has 0 amide bonds. The number of halogens is 3. The third kappa shape index (κ3) is 5.34. The lowest BCUT2D eigenvalue weighted by Crippen LogP contribution is -2.40. The molecule has 6 nitrogen and oxygen atoms in total. The van der Waals surface area contributed by atoms with Crippen molar-refractivity contribution in [3.05, 3.63) is 78.3 Å². The molecule has 0 spiro atoms. The standard InChI is InChI=1S/C24H22F3NO5S/c25-24(26,27)18-7-9-19(10-8-18)33-20-4-1-3-17(15-20)6-11-23(29)22-5-2-13-28(22)34(30,31)21-12-14-32-16-21/h1,3-4,7-10,12,14-16,22H,2,5-6,11,13H2/t22-/m0/s1. The van der Waals surface area contributed by atoms with Gasteiger partial charge in [-0.25, -0.2) is 8.42 Å². The summed E-state index contributed by atoms with van der Waals surface area (Å²) in [6, 6.07) is 11.9. The SMILES string of the molecule is O=C(CCc1cccc(Oc2ccc(C(F)(F)F)cc2)c1)[C@@H]1CCCN1S(=O)(=O)c1ccoc1. The molecule has 34 heavy (non-hydrogen) atoms. The van der Waals surface area contributed by atoms with E-state index in [4.69, 9.17) is 9.15 Å². The summed E-state index contributed by atoms with van der Waals surface area (Å²) in [5, 5.41) is 0. The maximum Gasteiger partial charge on any atom is 0.416 e. The highest BCUT2D eigenvalue weighted by Gasteiger charge is 2.39. The van der Waals surface area contributed by atoms with Gasteiger partial charge in [-0.15, -0.1) is 0 Å². The predicted octanol–water partition coefficient (Wildman–Crippen LogP) is 5.45. The summed E-state index contributed by atoms with van der Waals surface area (Å²) in [7, 11) is -3.80. The molecule has 1 fully saturated rings. The monoisotopic (exact) mass is 493 g/mol. The van der Waals surface area contributed by atoms with Crippen LogP contribution < -0.4 is 4.74 Å². The molecule has 0 bridgehead atoms. The van der Waals surface area contributed by atoms with Crippen molar-refractivity contribution >= 4 is 15.8 Å². The Bertz CT molecular complexity index is 1240. The van der Waals surface area contributed by atoms with Crippen LogP contribution in [0.2, 0.25) is 0 Å². The van der Waals surface area contributed by atoms with Gasteiger partial charge in [0.1, 0.15) is 22.7 Å². The molecular formula is C24H22F3NO5S. The minimum absolute atomic E-state index is 0.0281. The number of nitrogens with zero attached hydrogens (tertiary/aromatic N) is 1. The zero-order chi connectivity index (χ0) is 24.3. The Morgan fingerprint density at radius 2 is 1.85 bits per heavy atom. The Morgan fingerprint density at radius 3 is 2.53 bits per heavy atom. The van der Waals surface area contributed by atoms with Crippen LogP contribution in [-0.2, 0) is 27.4 Å². The Kier molecular flexibility index (Phi) is 6.81. The van der Waals surface area contributed by atoms with Gasteiger partial charge in [0.25, 0.3) is 0 Å². The van der Waals surface area contributed by atoms with Gasteiger partial charge < -0.3 is 9.15 Å². The summed E-state index contributed by atoms with van der Waals surface area (Å²) in [5.41, 5.74) is 0.0304. The maximum absolute atomic E-state index is 12.9. The molecule has 0 unspecified atom stereocenters. The van der Waals surface area contributed by atoms with E-state index in [9.17, 15) is 26.4 Å². The second kappa shape index (κ2) is 9.63. The van der Waals surface area contributed by atoms with Gasteiger partial charge in [0.2, 0.25) is 10.0 Å². The van der Waals surface area contributed by atoms with Gasteiger partial charge in [0.05, 0.1) is 17.9 Å². The van der Waals surface area contributed by atoms with Crippen LogP contribution >= 0.6 is 0 Å². The van der Waals surface area contributed by atoms with E-state index >= 15 is 0 Å². The van der Waals surface area contributed by atoms with Gasteiger partial charge >= 0.3 is 6.18 Å². The average molecular weight is 494 g/mol. The highest BCUT2D eigenvalue weighted by Crippen LogP contribution is 2.32. The molecule has 0 N–H and O–H groups in total. The lowest BCUT2D eigenvalue weighted by molar-refractivity contribution is -0.137. The van der Waals surface area contributed by atoms with Gasteiger partial charge in [0, 0.05) is 13.0 Å². The molecule has 4 rings (SSSR count). The summed E-state index contributed by atoms with van der Waals surface area (Å²) in [6.45, 7) is 0.278. The second-order valence-corrected chi connectivity index (χ2v) is 9.86. The van der Waals surface area contributed by atoms with E-state index in [0.717, 1.165) is 24.0 Å². The normalized spacial score (nSPS) is 17.1. The highest BCUT2D eigenvalue weighted by atomic mass is 32.2. The van der Waals surface area contributed by atoms with Crippen molar-refractivity contribution < 1.29 is 35.5 Å². The topological polar surface area (TPSA) is 76.8 Å². The first-order chi connectivity index (χ1) is 16.1. The third-order valence-corrected chi connectivity index (χ3v) is 7.54. The summed E-state index contributed by atoms with van der Waals surface area (Å²) < 4.78 is 75.5. The van der Waals surface area contributed by atoms with Crippen molar-refractivity contribution in [2.24, 2.45) is 0 Å². The number of benzene rings is 2. The molecular weight excluding hydrogens is 471 g/mol. The van der Waals surface area contributed by atoms with E-state index in [1.807, 2.05) is 6.07 Å². The van der Waals surface area contributed by atoms with E-state index in [0.29, 0.717) is 25.0 Å². The molecule has 2 heterocycles. The number of Topliss-reactive ketones (excluding diaryl/α,β-unsaturated/α-hetero) is 1. The molecule has 1 aromatic heterocycles. The zero-order valence-corrected chi connectivity index (χ0v) is 18.8. The first kappa shape index (κ1) is 24.0. The molecule has 1 aliphatic rings. The molecule has 1 saturated heterocycles. The number of carbonyl (C=O) groups is 1. The van der Waals surface area contributed by atoms with Crippen LogP contribution in [0.5, 0.6) is 11.5 Å². The maximum atomic E-state index is 12.9. The summed E-state index contributed by atoms with van der Waals surface area (Å²) in [5.74, 6) is 0.514. The second-order valence-electron chi connectivity index (χ2n) is 7.97. The molecule has 180 valence electrons. The summed E-state index contributed by atoms with van der Waals surface area (Å²) in [6.07, 6.45) is -0.406. The smallest absolute Gasteiger partial charge is 0.416 e. The van der Waals surface area contributed by atoms with Crippen LogP contribution in [0.25, 0.3) is 0 Å². The third-order valence-electron chi connectivity index (χ3n) is 5.65. The summed E-state index contributed by atoms with van der Waals surface area (Å²) in [4.78, 5) is 12.9. The van der Waals surface area contributed by atoms with E-state index in [1.54, 1.807) is 18.2 Å². The van der Waals surface area contributed by atoms with Crippen LogP contribution in [0.15, 0.2) is 76.4 Å². The zero-order valence-electron chi connectivity index (χ0n) is 18.0. The number of ether oxygens (including phenoxy) is 1. The van der Waals surface area contributed by atoms with E-state index < -0.39 is 27.8 Å². The lowest BCUT2D eigenvalue weighted by atomic mass is 10.0. The number of alkyl halides is 3. The van der Waals surface area contributed by atoms with Crippen LogP contribution in [0.3, 0.4) is 0 Å². The molecule has 0 radical (unpaired) electrons. The van der Waals surface area contributed by atoms with Crippen molar-refractivity contribution in [2.75, 3.05) is 6.54 Å². The largest absolute Gasteiger partial charge is 0.471 e. The fourth-order valence-electron chi connectivity index (χ4n) is 3.93. The Labute approximate surface area is 195 Å². The predicted molar refractivity (Wildman–Crippen MR) is 117 cm³/mol. The number of hydrogen-bond donors (Lipinski definition) is 0. The number of rotatable bonds is 8. The first-order valence-electron chi connectivity index (χ1n) is 10.7. The molecule has 0 saturated carbocycles. The number of aryl methyl sites for hydroxylation is 1. The Balaban J connectivity index is 1.38. The lowest BCUT2D eigenvalue weighted by Gasteiger charge is -2.22. The molecule has 0 aliphatic carbocycles. The number of sulfonamides is 1. The van der Waals surface area contributed by atoms with Crippen molar-refractivity contribution in [3.63, 3.8) is 0 Å². The van der Waals surface area contributed by atoms with Crippen molar-refractivity contribution in [1.29, 1.82) is 0 Å². The van der Waals surface area contributed by atoms with Gasteiger partial charge in [-0.3, -0.25) is 4.79 Å². The van der Waals surface area contributed by atoms with E-state index in [2.05, 4.69) is 0 Å². The molecule has 1 aliphatic heterocycles. The molecule has 3 aromatic rings. The molecule has 1 atom stereocenters. The van der Waals surface area contributed by atoms with Crippen molar-refractivity contribution in [3.8, 4) is 11.5 Å². The van der Waals surface area contributed by atoms with Crippen molar-refractivity contribution in [2.45, 2.75) is 42.8 Å². The van der Waals surface area contributed by atoms with Gasteiger partial charge in [-0.2, -0.15) is 17.5 Å². The molecule has 10 heteroatoms. The number of carbonyl (C=O) groups excluding carboxylic acids is 1. The van der Waals surface area contributed by atoms with E-state index in [-0.39, 0.29) is 29.4 Å². The number of ketones is 1. The first-order valence-corrected chi connectivity index (χ1v) is 12.1. The average Bonchev–Trinajstić information content (AvgIpc) is 3.50. The van der Waals surface area contributed by atoms with Crippen LogP contribution in [0.1, 0.15) is 30.4 Å². The van der Waals surface area contributed by atoms with Crippen molar-refractivity contribution in [1.82, 2.24) is 4.31 Å². The Morgan fingerprint density at radius 1 is 1.09 bits per heavy atom. The van der Waals surface area contributed by atoms with Crippen LogP contribution in [0.4, 0.5) is 13.2 Å². The van der Waals surface area contributed by atoms with Gasteiger partial charge in [-0.05, 0) is 67.3 Å². The number of hydrogen-bond acceptors (Lipinski definition) is 5. The van der Waals surface area contributed by atoms with E-state index in [1.165, 1.54) is 28.8 Å².